The largest absolute Gasteiger partial charge is 0.310 e. The number of aromatic nitrogens is 4. The highest BCUT2D eigenvalue weighted by Gasteiger charge is 2.51. The maximum absolute atomic E-state index is 5.55. The van der Waals surface area contributed by atoms with Gasteiger partial charge in [-0.15, -0.1) is 0 Å². The molecule has 3 heterocycles. The third-order valence-corrected chi connectivity index (χ3v) is 13.1. The van der Waals surface area contributed by atoms with Crippen LogP contribution in [0, 0.1) is 0 Å². The summed E-state index contributed by atoms with van der Waals surface area (Å²) in [6.07, 6.45) is 0. The van der Waals surface area contributed by atoms with Gasteiger partial charge < -0.3 is 4.90 Å². The monoisotopic (exact) mass is 815 g/mol. The molecule has 0 saturated carbocycles. The highest BCUT2D eigenvalue weighted by Crippen LogP contribution is 2.64. The minimum atomic E-state index is -0.601. The van der Waals surface area contributed by atoms with E-state index in [2.05, 4.69) is 169 Å². The van der Waals surface area contributed by atoms with Crippen LogP contribution < -0.4 is 4.90 Å². The zero-order valence-corrected chi connectivity index (χ0v) is 34.6. The van der Waals surface area contributed by atoms with Crippen molar-refractivity contribution in [3.05, 3.63) is 247 Å². The Balaban J connectivity index is 1.11. The predicted octanol–water partition coefficient (Wildman–Crippen LogP) is 14.4. The molecular formula is C59H37N5. The molecule has 0 unspecified atom stereocenters. The van der Waals surface area contributed by atoms with Gasteiger partial charge in [-0.05, 0) is 81.2 Å². The Hall–Kier alpha value is -8.54. The Bertz CT molecular complexity index is 3520. The van der Waals surface area contributed by atoms with E-state index in [0.29, 0.717) is 17.5 Å². The Morgan fingerprint density at radius 3 is 1.50 bits per heavy atom. The number of hydrogen-bond donors (Lipinski definition) is 0. The molecule has 0 fully saturated rings. The Labute approximate surface area is 370 Å². The summed E-state index contributed by atoms with van der Waals surface area (Å²) in [4.78, 5) is 23.2. The predicted molar refractivity (Wildman–Crippen MR) is 260 cm³/mol. The molecular weight excluding hydrogens is 779 g/mol. The molecule has 5 heteroatoms. The number of benzene rings is 9. The van der Waals surface area contributed by atoms with Crippen molar-refractivity contribution in [2.24, 2.45) is 0 Å². The minimum Gasteiger partial charge on any atom is -0.310 e. The fourth-order valence-corrected chi connectivity index (χ4v) is 10.4. The number of fused-ring (bicyclic) bond motifs is 12. The molecule has 5 nitrogen and oxygen atoms in total. The fraction of sp³-hybridized carbons (Fsp3) is 0.0169. The summed E-state index contributed by atoms with van der Waals surface area (Å²) in [7, 11) is 0. The van der Waals surface area contributed by atoms with Gasteiger partial charge in [0, 0.05) is 38.7 Å². The van der Waals surface area contributed by atoms with Crippen LogP contribution in [0.2, 0.25) is 0 Å². The smallest absolute Gasteiger partial charge is 0.164 e. The van der Waals surface area contributed by atoms with Crippen molar-refractivity contribution < 1.29 is 0 Å². The van der Waals surface area contributed by atoms with Crippen LogP contribution in [-0.2, 0) is 5.41 Å². The summed E-state index contributed by atoms with van der Waals surface area (Å²) in [6, 6.07) is 79.9. The van der Waals surface area contributed by atoms with E-state index in [1.165, 1.54) is 39.1 Å². The summed E-state index contributed by atoms with van der Waals surface area (Å²) in [5.74, 6) is 1.85. The lowest BCUT2D eigenvalue weighted by atomic mass is 9.64. The Kier molecular flexibility index (Phi) is 8.06. The van der Waals surface area contributed by atoms with Gasteiger partial charge in [0.05, 0.1) is 28.0 Å². The van der Waals surface area contributed by atoms with E-state index in [1.807, 2.05) is 60.7 Å². The van der Waals surface area contributed by atoms with E-state index in [1.54, 1.807) is 0 Å². The molecule has 298 valence electrons. The van der Waals surface area contributed by atoms with Gasteiger partial charge in [-0.25, -0.2) is 19.9 Å². The molecule has 9 aromatic carbocycles. The summed E-state index contributed by atoms with van der Waals surface area (Å²) >= 11 is 0. The average molecular weight is 816 g/mol. The van der Waals surface area contributed by atoms with Crippen LogP contribution in [0.25, 0.3) is 78.2 Å². The first-order valence-electron chi connectivity index (χ1n) is 21.7. The molecule has 0 saturated heterocycles. The van der Waals surface area contributed by atoms with Crippen molar-refractivity contribution >= 4 is 38.7 Å². The highest BCUT2D eigenvalue weighted by atomic mass is 15.2. The first kappa shape index (κ1) is 36.1. The van der Waals surface area contributed by atoms with Crippen molar-refractivity contribution in [3.8, 4) is 56.5 Å². The van der Waals surface area contributed by atoms with E-state index < -0.39 is 5.41 Å². The van der Waals surface area contributed by atoms with Crippen LogP contribution >= 0.6 is 0 Å². The van der Waals surface area contributed by atoms with E-state index in [4.69, 9.17) is 19.9 Å². The number of para-hydroxylation sites is 3. The van der Waals surface area contributed by atoms with Gasteiger partial charge in [0.15, 0.2) is 17.5 Å². The van der Waals surface area contributed by atoms with Crippen LogP contribution in [-0.4, -0.2) is 19.9 Å². The van der Waals surface area contributed by atoms with Gasteiger partial charge in [-0.1, -0.05) is 182 Å². The van der Waals surface area contributed by atoms with Crippen LogP contribution in [0.1, 0.15) is 22.3 Å². The van der Waals surface area contributed by atoms with Crippen molar-refractivity contribution in [1.29, 1.82) is 0 Å². The van der Waals surface area contributed by atoms with E-state index in [-0.39, 0.29) is 0 Å². The zero-order valence-electron chi connectivity index (χ0n) is 34.6. The Morgan fingerprint density at radius 2 is 0.828 bits per heavy atom. The second kappa shape index (κ2) is 14.3. The van der Waals surface area contributed by atoms with Crippen molar-refractivity contribution in [3.63, 3.8) is 0 Å². The van der Waals surface area contributed by atoms with Crippen molar-refractivity contribution in [2.45, 2.75) is 5.41 Å². The first-order valence-corrected chi connectivity index (χ1v) is 21.7. The van der Waals surface area contributed by atoms with Crippen LogP contribution in [0.15, 0.2) is 224 Å². The molecule has 0 N–H and O–H groups in total. The maximum Gasteiger partial charge on any atom is 0.164 e. The quantitative estimate of drug-likeness (QED) is 0.162. The van der Waals surface area contributed by atoms with Gasteiger partial charge in [0.2, 0.25) is 0 Å². The lowest BCUT2D eigenvalue weighted by Gasteiger charge is -2.45. The molecule has 2 aromatic heterocycles. The normalized spacial score (nSPS) is 13.1. The molecule has 1 aliphatic carbocycles. The van der Waals surface area contributed by atoms with Crippen LogP contribution in [0.4, 0.5) is 17.1 Å². The number of rotatable bonds is 5. The Morgan fingerprint density at radius 1 is 0.312 bits per heavy atom. The first-order chi connectivity index (χ1) is 31.7. The molecule has 0 atom stereocenters. The topological polar surface area (TPSA) is 54.8 Å². The molecule has 0 amide bonds. The molecule has 0 radical (unpaired) electrons. The van der Waals surface area contributed by atoms with Gasteiger partial charge in [-0.3, -0.25) is 0 Å². The summed E-state index contributed by atoms with van der Waals surface area (Å²) in [6.45, 7) is 0. The number of anilines is 3. The zero-order chi connectivity index (χ0) is 42.2. The van der Waals surface area contributed by atoms with E-state index in [9.17, 15) is 0 Å². The van der Waals surface area contributed by atoms with E-state index in [0.717, 1.165) is 61.0 Å². The molecule has 64 heavy (non-hydrogen) atoms. The third-order valence-electron chi connectivity index (χ3n) is 13.1. The molecule has 2 aliphatic rings. The minimum absolute atomic E-state index is 0.601. The number of nitrogens with zero attached hydrogens (tertiary/aromatic N) is 5. The molecule has 11 aromatic rings. The standard InChI is InChI=1S/C59H37N5/c1-4-19-38(20-5-1)56-61-57(39-21-6-2-7-22-39)63-58(62-56)41-24-18-23-40(35-41)55-47-36-51-54(37-46(47)45-29-12-16-33-52(45)60-55)64(42-25-8-3-9-26-42)53-34-17-15-32-50(53)59(51)48-30-13-10-27-43(48)44-28-11-14-31-49(44)59/h1-37H. The number of pyridine rings is 1. The van der Waals surface area contributed by atoms with Gasteiger partial charge in [-0.2, -0.15) is 0 Å². The van der Waals surface area contributed by atoms with E-state index >= 15 is 0 Å². The number of hydrogen-bond acceptors (Lipinski definition) is 5. The lowest BCUT2D eigenvalue weighted by molar-refractivity contribution is 0.754. The summed E-state index contributed by atoms with van der Waals surface area (Å²) in [5.41, 5.74) is 15.9. The third kappa shape index (κ3) is 5.37. The van der Waals surface area contributed by atoms with Crippen LogP contribution in [0.5, 0.6) is 0 Å². The molecule has 13 rings (SSSR count). The maximum atomic E-state index is 5.55. The summed E-state index contributed by atoms with van der Waals surface area (Å²) < 4.78 is 0. The van der Waals surface area contributed by atoms with Crippen LogP contribution in [0.3, 0.4) is 0 Å². The average Bonchev–Trinajstić information content (AvgIpc) is 3.67. The van der Waals surface area contributed by atoms with Gasteiger partial charge >= 0.3 is 0 Å². The van der Waals surface area contributed by atoms with Gasteiger partial charge in [0.25, 0.3) is 0 Å². The van der Waals surface area contributed by atoms with Gasteiger partial charge in [0.1, 0.15) is 0 Å². The molecule has 0 bridgehead atoms. The second-order valence-corrected chi connectivity index (χ2v) is 16.5. The lowest BCUT2D eigenvalue weighted by Crippen LogP contribution is -2.36. The fourth-order valence-electron chi connectivity index (χ4n) is 10.4. The molecule has 1 spiro atoms. The summed E-state index contributed by atoms with van der Waals surface area (Å²) in [5, 5.41) is 3.32. The molecule has 1 aliphatic heterocycles. The second-order valence-electron chi connectivity index (χ2n) is 16.5. The van der Waals surface area contributed by atoms with Crippen molar-refractivity contribution in [2.75, 3.05) is 4.90 Å². The van der Waals surface area contributed by atoms with Crippen molar-refractivity contribution in [1.82, 2.24) is 19.9 Å². The SMILES string of the molecule is c1ccc(-c2nc(-c3ccccc3)nc(-c3cccc(-c4nc5ccccc5c5cc6c(cc45)C4(c5ccccc5-c5ccccc54)c4ccccc4N6c4ccccc4)c3)n2)cc1. The highest BCUT2D eigenvalue weighted by molar-refractivity contribution is 6.14.